The summed E-state index contributed by atoms with van der Waals surface area (Å²) in [6.45, 7) is 10.1. The van der Waals surface area contributed by atoms with Crippen molar-refractivity contribution in [2.45, 2.75) is 46.0 Å². The van der Waals surface area contributed by atoms with Crippen LogP contribution in [0, 0.1) is 0 Å². The number of ether oxygens (including phenoxy) is 1. The minimum Gasteiger partial charge on any atom is -0.381 e. The molecule has 21 heavy (non-hydrogen) atoms. The number of hydrogen-bond donors (Lipinski definition) is 2. The van der Waals surface area contributed by atoms with Gasteiger partial charge in [-0.15, -0.1) is 0 Å². The minimum atomic E-state index is 0.823. The fourth-order valence-corrected chi connectivity index (χ4v) is 1.86. The van der Waals surface area contributed by atoms with Crippen molar-refractivity contribution in [2.24, 2.45) is 4.99 Å². The molecule has 0 rings (SSSR count). The lowest BCUT2D eigenvalue weighted by atomic mass is 10.3. The van der Waals surface area contributed by atoms with Crippen LogP contribution in [-0.4, -0.2) is 64.3 Å². The Morgan fingerprint density at radius 2 is 1.62 bits per heavy atom. The van der Waals surface area contributed by atoms with Crippen LogP contribution in [-0.2, 0) is 4.74 Å². The van der Waals surface area contributed by atoms with Gasteiger partial charge in [0, 0.05) is 39.9 Å². The average Bonchev–Trinajstić information content (AvgIpc) is 2.50. The van der Waals surface area contributed by atoms with Crippen LogP contribution in [0.1, 0.15) is 46.0 Å². The molecule has 0 aromatic rings. The lowest BCUT2D eigenvalue weighted by Gasteiger charge is -2.18. The molecule has 0 unspecified atom stereocenters. The van der Waals surface area contributed by atoms with E-state index in [9.17, 15) is 0 Å². The largest absolute Gasteiger partial charge is 0.381 e. The van der Waals surface area contributed by atoms with Crippen LogP contribution in [0.15, 0.2) is 4.99 Å². The summed E-state index contributed by atoms with van der Waals surface area (Å²) in [5.41, 5.74) is 0. The summed E-state index contributed by atoms with van der Waals surface area (Å²) >= 11 is 0. The quantitative estimate of drug-likeness (QED) is 0.311. The van der Waals surface area contributed by atoms with Crippen LogP contribution >= 0.6 is 0 Å². The highest BCUT2D eigenvalue weighted by Crippen LogP contribution is 1.90. The number of unbranched alkanes of at least 4 members (excludes halogenated alkanes) is 2. The molecule has 0 aliphatic heterocycles. The maximum Gasteiger partial charge on any atom is 0.191 e. The average molecular weight is 300 g/mol. The number of nitrogens with one attached hydrogen (secondary N) is 2. The van der Waals surface area contributed by atoms with Gasteiger partial charge in [0.2, 0.25) is 0 Å². The molecule has 5 heteroatoms. The van der Waals surface area contributed by atoms with Crippen molar-refractivity contribution in [1.29, 1.82) is 0 Å². The van der Waals surface area contributed by atoms with Gasteiger partial charge in [-0.05, 0) is 32.9 Å². The van der Waals surface area contributed by atoms with Gasteiger partial charge >= 0.3 is 0 Å². The van der Waals surface area contributed by atoms with E-state index >= 15 is 0 Å². The number of hydrogen-bond acceptors (Lipinski definition) is 3. The molecule has 0 radical (unpaired) electrons. The van der Waals surface area contributed by atoms with Crippen LogP contribution in [0.2, 0.25) is 0 Å². The zero-order valence-electron chi connectivity index (χ0n) is 14.6. The van der Waals surface area contributed by atoms with Crippen LogP contribution in [0.4, 0.5) is 0 Å². The van der Waals surface area contributed by atoms with E-state index in [4.69, 9.17) is 4.74 Å². The second-order valence-electron chi connectivity index (χ2n) is 5.40. The summed E-state index contributed by atoms with van der Waals surface area (Å²) in [7, 11) is 3.98. The molecule has 0 atom stereocenters. The lowest BCUT2D eigenvalue weighted by Crippen LogP contribution is -2.41. The molecule has 0 bridgehead atoms. The van der Waals surface area contributed by atoms with Gasteiger partial charge in [0.15, 0.2) is 5.96 Å². The van der Waals surface area contributed by atoms with Crippen LogP contribution in [0.5, 0.6) is 0 Å². The van der Waals surface area contributed by atoms with Crippen LogP contribution in [0.3, 0.4) is 0 Å². The van der Waals surface area contributed by atoms with Gasteiger partial charge in [-0.25, -0.2) is 0 Å². The Morgan fingerprint density at radius 1 is 0.952 bits per heavy atom. The molecule has 5 nitrogen and oxygen atoms in total. The second-order valence-corrected chi connectivity index (χ2v) is 5.40. The molecule has 0 fully saturated rings. The van der Waals surface area contributed by atoms with Gasteiger partial charge in [0.05, 0.1) is 0 Å². The zero-order valence-corrected chi connectivity index (χ0v) is 14.6. The highest BCUT2D eigenvalue weighted by Gasteiger charge is 1.99. The monoisotopic (exact) mass is 300 g/mol. The molecular weight excluding hydrogens is 264 g/mol. The number of likely N-dealkylation sites (N-methyl/N-ethyl adjacent to an activating group) is 1. The van der Waals surface area contributed by atoms with E-state index in [0.29, 0.717) is 0 Å². The van der Waals surface area contributed by atoms with Crippen molar-refractivity contribution < 1.29 is 4.74 Å². The first-order valence-corrected chi connectivity index (χ1v) is 8.45. The first kappa shape index (κ1) is 20.2. The van der Waals surface area contributed by atoms with Gasteiger partial charge in [-0.2, -0.15) is 0 Å². The summed E-state index contributed by atoms with van der Waals surface area (Å²) in [6, 6.07) is 0. The van der Waals surface area contributed by atoms with E-state index in [1.807, 2.05) is 7.05 Å². The van der Waals surface area contributed by atoms with Gasteiger partial charge in [-0.3, -0.25) is 4.99 Å². The standard InChI is InChI=1S/C16H36N4O/c1-5-7-12-20(4)13-11-19-16(17-3)18-10-9-15-21-14-8-6-2/h5-15H2,1-4H3,(H2,17,18,19). The normalized spacial score (nSPS) is 12.0. The number of rotatable bonds is 13. The van der Waals surface area contributed by atoms with E-state index in [1.54, 1.807) is 0 Å². The Labute approximate surface area is 131 Å². The maximum absolute atomic E-state index is 5.53. The van der Waals surface area contributed by atoms with Crippen molar-refractivity contribution in [3.05, 3.63) is 0 Å². The maximum atomic E-state index is 5.53. The van der Waals surface area contributed by atoms with Crippen LogP contribution < -0.4 is 10.6 Å². The Balaban J connectivity index is 3.50. The molecule has 0 aliphatic rings. The second kappa shape index (κ2) is 15.6. The van der Waals surface area contributed by atoms with E-state index in [1.165, 1.54) is 25.8 Å². The molecule has 0 amide bonds. The summed E-state index contributed by atoms with van der Waals surface area (Å²) < 4.78 is 5.53. The van der Waals surface area contributed by atoms with Crippen molar-refractivity contribution in [3.63, 3.8) is 0 Å². The van der Waals surface area contributed by atoms with Gasteiger partial charge in [-0.1, -0.05) is 26.7 Å². The van der Waals surface area contributed by atoms with Crippen molar-refractivity contribution in [1.82, 2.24) is 15.5 Å². The number of aliphatic imine (C=N–C) groups is 1. The predicted molar refractivity (Wildman–Crippen MR) is 92.1 cm³/mol. The number of nitrogens with zero attached hydrogens (tertiary/aromatic N) is 2. The Bertz CT molecular complexity index is 246. The van der Waals surface area contributed by atoms with E-state index in [-0.39, 0.29) is 0 Å². The topological polar surface area (TPSA) is 48.9 Å². The Hall–Kier alpha value is -0.810. The molecule has 2 N–H and O–H groups in total. The number of guanidine groups is 1. The molecule has 0 aromatic carbocycles. The van der Waals surface area contributed by atoms with E-state index in [2.05, 4.69) is 41.4 Å². The third kappa shape index (κ3) is 13.9. The SMILES string of the molecule is CCCCOCCCNC(=NC)NCCN(C)CCCC. The van der Waals surface area contributed by atoms with E-state index < -0.39 is 0 Å². The minimum absolute atomic E-state index is 0.823. The van der Waals surface area contributed by atoms with Gasteiger partial charge in [0.1, 0.15) is 0 Å². The zero-order chi connectivity index (χ0) is 15.8. The summed E-state index contributed by atoms with van der Waals surface area (Å²) in [5.74, 6) is 0.882. The fourth-order valence-electron chi connectivity index (χ4n) is 1.86. The highest BCUT2D eigenvalue weighted by molar-refractivity contribution is 5.79. The summed E-state index contributed by atoms with van der Waals surface area (Å²) in [6.07, 6.45) is 5.88. The van der Waals surface area contributed by atoms with Crippen LogP contribution in [0.25, 0.3) is 0 Å². The highest BCUT2D eigenvalue weighted by atomic mass is 16.5. The summed E-state index contributed by atoms with van der Waals surface area (Å²) in [4.78, 5) is 6.58. The molecular formula is C16H36N4O. The molecule has 0 saturated heterocycles. The molecule has 0 aliphatic carbocycles. The third-order valence-corrected chi connectivity index (χ3v) is 3.30. The van der Waals surface area contributed by atoms with Gasteiger partial charge < -0.3 is 20.3 Å². The first-order valence-electron chi connectivity index (χ1n) is 8.45. The van der Waals surface area contributed by atoms with E-state index in [0.717, 1.165) is 51.6 Å². The van der Waals surface area contributed by atoms with Crippen molar-refractivity contribution in [2.75, 3.05) is 53.5 Å². The third-order valence-electron chi connectivity index (χ3n) is 3.30. The Kier molecular flexibility index (Phi) is 15.0. The van der Waals surface area contributed by atoms with Gasteiger partial charge in [0.25, 0.3) is 0 Å². The van der Waals surface area contributed by atoms with Crippen molar-refractivity contribution in [3.8, 4) is 0 Å². The first-order chi connectivity index (χ1) is 10.2. The van der Waals surface area contributed by atoms with Crippen molar-refractivity contribution >= 4 is 5.96 Å². The lowest BCUT2D eigenvalue weighted by molar-refractivity contribution is 0.129. The smallest absolute Gasteiger partial charge is 0.191 e. The predicted octanol–water partition coefficient (Wildman–Crippen LogP) is 2.09. The molecule has 0 aromatic heterocycles. The Morgan fingerprint density at radius 3 is 2.29 bits per heavy atom. The fraction of sp³-hybridized carbons (Fsp3) is 0.938. The molecule has 0 saturated carbocycles. The molecule has 0 spiro atoms. The summed E-state index contributed by atoms with van der Waals surface area (Å²) in [5, 5.41) is 6.66. The molecule has 0 heterocycles. The molecule has 126 valence electrons.